The van der Waals surface area contributed by atoms with E-state index in [1.165, 1.54) is 12.4 Å². The lowest BCUT2D eigenvalue weighted by atomic mass is 9.82. The minimum absolute atomic E-state index is 0.0107. The molecule has 0 bridgehead atoms. The highest BCUT2D eigenvalue weighted by Crippen LogP contribution is 2.51. The standard InChI is InChI=1S/C35H51F2N7O6/c1-5-9-23(26(45)31(48)40-20-12-13-20)41-30(47)25-21-14-15-35(36,37)22(21)18-44(25)33(50)27(34(2,3)4)43-29(46)24(19-10-7-6-8-11-19)42-32(49)28-38-16-17-39-28/h16-17,19-25,27H,5-15,18H2,1-4H3,(H,38,39)(H,40,48)(H,41,47)(H,42,49)(H,43,46)/t21-,22-,23-,24?,25-,27+/m0/s1. The maximum atomic E-state index is 15.2. The number of imidazole rings is 1. The van der Waals surface area contributed by atoms with E-state index in [2.05, 4.69) is 31.2 Å². The third-order valence-electron chi connectivity index (χ3n) is 10.7. The first kappa shape index (κ1) is 37.3. The Morgan fingerprint density at radius 2 is 1.70 bits per heavy atom. The molecular formula is C35H51F2N7O6. The first-order valence-electron chi connectivity index (χ1n) is 18.1. The minimum Gasteiger partial charge on any atom is -0.347 e. The zero-order valence-corrected chi connectivity index (χ0v) is 29.4. The number of aromatic nitrogens is 2. The lowest BCUT2D eigenvalue weighted by Crippen LogP contribution is -2.62. The largest absolute Gasteiger partial charge is 0.347 e. The number of aromatic amines is 1. The summed E-state index contributed by atoms with van der Waals surface area (Å²) >= 11 is 0. The summed E-state index contributed by atoms with van der Waals surface area (Å²) in [5.41, 5.74) is -0.933. The van der Waals surface area contributed by atoms with Gasteiger partial charge >= 0.3 is 0 Å². The Hall–Kier alpha value is -3.91. The van der Waals surface area contributed by atoms with Crippen LogP contribution in [-0.4, -0.2) is 92.9 Å². The van der Waals surface area contributed by atoms with Crippen molar-refractivity contribution in [2.24, 2.45) is 23.2 Å². The van der Waals surface area contributed by atoms with Crippen molar-refractivity contribution in [3.05, 3.63) is 18.2 Å². The Labute approximate surface area is 291 Å². The molecule has 0 aromatic carbocycles. The number of fused-ring (bicyclic) bond motifs is 1. The normalized spacial score (nSPS) is 25.2. The summed E-state index contributed by atoms with van der Waals surface area (Å²) < 4.78 is 30.4. The summed E-state index contributed by atoms with van der Waals surface area (Å²) in [6.45, 7) is 6.55. The number of alkyl halides is 2. The average Bonchev–Trinajstić information content (AvgIpc) is 3.43. The maximum Gasteiger partial charge on any atom is 0.289 e. The summed E-state index contributed by atoms with van der Waals surface area (Å²) in [5.74, 6) is -9.75. The van der Waals surface area contributed by atoms with E-state index in [0.29, 0.717) is 19.3 Å². The average molecular weight is 704 g/mol. The maximum absolute atomic E-state index is 15.2. The number of rotatable bonds is 13. The molecule has 0 radical (unpaired) electrons. The molecule has 5 rings (SSSR count). The molecule has 1 saturated heterocycles. The summed E-state index contributed by atoms with van der Waals surface area (Å²) in [6, 6.07) is -4.84. The van der Waals surface area contributed by atoms with E-state index in [-0.39, 0.29) is 30.6 Å². The van der Waals surface area contributed by atoms with Crippen molar-refractivity contribution in [3.63, 3.8) is 0 Å². The molecule has 1 aromatic rings. The third-order valence-corrected chi connectivity index (χ3v) is 10.7. The second kappa shape index (κ2) is 15.1. The molecule has 2 heterocycles. The van der Waals surface area contributed by atoms with Gasteiger partial charge in [-0.15, -0.1) is 0 Å². The van der Waals surface area contributed by atoms with Crippen LogP contribution in [0, 0.1) is 23.2 Å². The highest BCUT2D eigenvalue weighted by Gasteiger charge is 2.61. The van der Waals surface area contributed by atoms with Crippen LogP contribution >= 0.6 is 0 Å². The van der Waals surface area contributed by atoms with Crippen LogP contribution < -0.4 is 21.3 Å². The van der Waals surface area contributed by atoms with Crippen molar-refractivity contribution < 1.29 is 37.5 Å². The van der Waals surface area contributed by atoms with E-state index in [1.54, 1.807) is 27.7 Å². The molecule has 5 N–H and O–H groups in total. The van der Waals surface area contributed by atoms with Crippen molar-refractivity contribution in [2.45, 2.75) is 134 Å². The summed E-state index contributed by atoms with van der Waals surface area (Å²) in [7, 11) is 0. The number of hydrogen-bond acceptors (Lipinski definition) is 7. The molecule has 4 aliphatic rings. The van der Waals surface area contributed by atoms with Gasteiger partial charge in [-0.1, -0.05) is 53.4 Å². The molecule has 3 aliphatic carbocycles. The van der Waals surface area contributed by atoms with Gasteiger partial charge in [0.2, 0.25) is 23.5 Å². The lowest BCUT2D eigenvalue weighted by Gasteiger charge is -2.38. The zero-order chi connectivity index (χ0) is 36.4. The van der Waals surface area contributed by atoms with E-state index < -0.39 is 95.6 Å². The predicted molar refractivity (Wildman–Crippen MR) is 177 cm³/mol. The van der Waals surface area contributed by atoms with Gasteiger partial charge in [-0.05, 0) is 55.8 Å². The van der Waals surface area contributed by atoms with Crippen molar-refractivity contribution in [2.75, 3.05) is 6.54 Å². The van der Waals surface area contributed by atoms with Crippen molar-refractivity contribution >= 4 is 35.3 Å². The van der Waals surface area contributed by atoms with Crippen molar-refractivity contribution in [3.8, 4) is 0 Å². The van der Waals surface area contributed by atoms with Crippen molar-refractivity contribution in [1.29, 1.82) is 0 Å². The van der Waals surface area contributed by atoms with Crippen LogP contribution in [-0.2, 0) is 24.0 Å². The molecule has 5 amide bonds. The van der Waals surface area contributed by atoms with Gasteiger partial charge in [0.05, 0.1) is 6.04 Å². The van der Waals surface area contributed by atoms with E-state index in [0.717, 1.165) is 37.0 Å². The number of likely N-dealkylation sites (tertiary alicyclic amines) is 1. The molecule has 3 saturated carbocycles. The third kappa shape index (κ3) is 8.34. The Morgan fingerprint density at radius 3 is 2.30 bits per heavy atom. The fraction of sp³-hybridized carbons (Fsp3) is 0.743. The summed E-state index contributed by atoms with van der Waals surface area (Å²) in [6.07, 6.45) is 8.73. The smallest absolute Gasteiger partial charge is 0.289 e. The number of amides is 5. The molecular weight excluding hydrogens is 652 g/mol. The monoisotopic (exact) mass is 703 g/mol. The van der Waals surface area contributed by atoms with Crippen LogP contribution in [0.4, 0.5) is 8.78 Å². The Morgan fingerprint density at radius 1 is 1.00 bits per heavy atom. The molecule has 1 aromatic heterocycles. The van der Waals surface area contributed by atoms with Gasteiger partial charge in [0.15, 0.2) is 5.82 Å². The lowest BCUT2D eigenvalue weighted by molar-refractivity contribution is -0.146. The first-order valence-corrected chi connectivity index (χ1v) is 18.1. The number of H-pyrrole nitrogens is 1. The van der Waals surface area contributed by atoms with Gasteiger partial charge in [-0.3, -0.25) is 28.8 Å². The van der Waals surface area contributed by atoms with Gasteiger partial charge in [-0.2, -0.15) is 0 Å². The van der Waals surface area contributed by atoms with E-state index in [9.17, 15) is 28.8 Å². The predicted octanol–water partition coefficient (Wildman–Crippen LogP) is 2.62. The van der Waals surface area contributed by atoms with Gasteiger partial charge in [0, 0.05) is 37.3 Å². The zero-order valence-electron chi connectivity index (χ0n) is 29.4. The van der Waals surface area contributed by atoms with Crippen molar-refractivity contribution in [1.82, 2.24) is 36.1 Å². The highest BCUT2D eigenvalue weighted by atomic mass is 19.3. The molecule has 0 spiro atoms. The summed E-state index contributed by atoms with van der Waals surface area (Å²) in [4.78, 5) is 89.2. The number of ketones is 1. The van der Waals surface area contributed by atoms with Gasteiger partial charge in [-0.25, -0.2) is 13.8 Å². The van der Waals surface area contributed by atoms with Crippen LogP contribution in [0.1, 0.15) is 109 Å². The van der Waals surface area contributed by atoms with E-state index in [1.807, 2.05) is 0 Å². The Bertz CT molecular complexity index is 1440. The summed E-state index contributed by atoms with van der Waals surface area (Å²) in [5, 5.41) is 10.9. The van der Waals surface area contributed by atoms with Crippen LogP contribution in [0.15, 0.2) is 12.4 Å². The molecule has 15 heteroatoms. The van der Waals surface area contributed by atoms with Crippen LogP contribution in [0.2, 0.25) is 0 Å². The Kier molecular flexibility index (Phi) is 11.3. The molecule has 276 valence electrons. The topological polar surface area (TPSA) is 182 Å². The number of hydrogen-bond donors (Lipinski definition) is 5. The molecule has 1 unspecified atom stereocenters. The molecule has 6 atom stereocenters. The fourth-order valence-corrected chi connectivity index (χ4v) is 7.79. The van der Waals surface area contributed by atoms with E-state index >= 15 is 8.78 Å². The van der Waals surface area contributed by atoms with E-state index in [4.69, 9.17) is 0 Å². The number of nitrogens with zero attached hydrogens (tertiary/aromatic N) is 2. The number of carbonyl (C=O) groups excluding carboxylic acids is 6. The van der Waals surface area contributed by atoms with Crippen LogP contribution in [0.3, 0.4) is 0 Å². The van der Waals surface area contributed by atoms with Gasteiger partial charge < -0.3 is 31.2 Å². The minimum atomic E-state index is -3.12. The quantitative estimate of drug-likeness (QED) is 0.196. The molecule has 1 aliphatic heterocycles. The van der Waals surface area contributed by atoms with Crippen LogP contribution in [0.5, 0.6) is 0 Å². The SMILES string of the molecule is CCC[C@H](NC(=O)[C@@H]1[C@H]2CCC(F)(F)[C@H]2CN1C(=O)[C@@H](NC(=O)C(NC(=O)c1ncc[nH]1)C1CCCCC1)C(C)(C)C)C(=O)C(=O)NC1CC1. The number of Topliss-reactive ketones (excluding diaryl/α,β-unsaturated/α-hetero) is 1. The molecule has 50 heavy (non-hydrogen) atoms. The molecule has 4 fully saturated rings. The highest BCUT2D eigenvalue weighted by molar-refractivity contribution is 6.38. The van der Waals surface area contributed by atoms with Gasteiger partial charge in [0.25, 0.3) is 17.7 Å². The number of nitrogens with one attached hydrogen (secondary N) is 5. The Balaban J connectivity index is 1.39. The van der Waals surface area contributed by atoms with Crippen LogP contribution in [0.25, 0.3) is 0 Å². The number of halogens is 2. The number of carbonyl (C=O) groups is 6. The molecule has 13 nitrogen and oxygen atoms in total. The second-order valence-corrected chi connectivity index (χ2v) is 15.6. The second-order valence-electron chi connectivity index (χ2n) is 15.6. The van der Waals surface area contributed by atoms with Gasteiger partial charge in [0.1, 0.15) is 18.1 Å². The fourth-order valence-electron chi connectivity index (χ4n) is 7.79. The first-order chi connectivity index (χ1) is 23.6.